The van der Waals surface area contributed by atoms with Gasteiger partial charge in [-0.3, -0.25) is 4.79 Å². The summed E-state index contributed by atoms with van der Waals surface area (Å²) in [5, 5.41) is 10.4. The molecule has 13 heavy (non-hydrogen) atoms. The van der Waals surface area contributed by atoms with E-state index in [0.29, 0.717) is 6.42 Å². The number of rotatable bonds is 2. The molecule has 0 aromatic rings. The lowest BCUT2D eigenvalue weighted by Gasteiger charge is -2.30. The summed E-state index contributed by atoms with van der Waals surface area (Å²) in [6, 6.07) is 0. The van der Waals surface area contributed by atoms with Gasteiger partial charge in [0.1, 0.15) is 5.78 Å². The van der Waals surface area contributed by atoms with Gasteiger partial charge in [0.15, 0.2) is 0 Å². The average molecular weight is 183 g/mol. The van der Waals surface area contributed by atoms with Crippen LogP contribution in [-0.2, 0) is 9.59 Å². The number of carboxylic acids is 1. The lowest BCUT2D eigenvalue weighted by molar-refractivity contribution is -0.307. The van der Waals surface area contributed by atoms with Crippen molar-refractivity contribution in [3.63, 3.8) is 0 Å². The van der Waals surface area contributed by atoms with E-state index in [2.05, 4.69) is 0 Å². The van der Waals surface area contributed by atoms with Crippen molar-refractivity contribution in [1.29, 1.82) is 0 Å². The molecule has 0 aromatic heterocycles. The van der Waals surface area contributed by atoms with Gasteiger partial charge in [-0.2, -0.15) is 0 Å². The summed E-state index contributed by atoms with van der Waals surface area (Å²) < 4.78 is 0. The van der Waals surface area contributed by atoms with Crippen LogP contribution < -0.4 is 5.11 Å². The summed E-state index contributed by atoms with van der Waals surface area (Å²) in [4.78, 5) is 21.8. The molecule has 2 atom stereocenters. The molecule has 0 bridgehead atoms. The fourth-order valence-electron chi connectivity index (χ4n) is 1.99. The second-order valence-corrected chi connectivity index (χ2v) is 4.49. The van der Waals surface area contributed by atoms with E-state index in [9.17, 15) is 14.7 Å². The van der Waals surface area contributed by atoms with Gasteiger partial charge in [-0.1, -0.05) is 20.8 Å². The predicted molar refractivity (Wildman–Crippen MR) is 45.7 cm³/mol. The van der Waals surface area contributed by atoms with Gasteiger partial charge in [0, 0.05) is 18.3 Å². The molecule has 0 N–H and O–H groups in total. The quantitative estimate of drug-likeness (QED) is 0.621. The molecule has 1 aliphatic rings. The Morgan fingerprint density at radius 2 is 2.15 bits per heavy atom. The third-order valence-electron chi connectivity index (χ3n) is 3.51. The zero-order valence-electron chi connectivity index (χ0n) is 8.29. The van der Waals surface area contributed by atoms with Gasteiger partial charge in [0.05, 0.1) is 0 Å². The maximum absolute atomic E-state index is 11.4. The van der Waals surface area contributed by atoms with Crippen molar-refractivity contribution in [2.75, 3.05) is 0 Å². The molecule has 0 unspecified atom stereocenters. The van der Waals surface area contributed by atoms with Crippen LogP contribution in [0.25, 0.3) is 0 Å². The smallest absolute Gasteiger partial charge is 0.136 e. The zero-order chi connectivity index (χ0) is 10.2. The Morgan fingerprint density at radius 3 is 2.46 bits per heavy atom. The van der Waals surface area contributed by atoms with Crippen molar-refractivity contribution in [1.82, 2.24) is 0 Å². The Balaban J connectivity index is 2.78. The van der Waals surface area contributed by atoms with Gasteiger partial charge >= 0.3 is 0 Å². The van der Waals surface area contributed by atoms with E-state index in [-0.39, 0.29) is 29.5 Å². The molecule has 1 saturated carbocycles. The molecule has 0 amide bonds. The minimum Gasteiger partial charge on any atom is -0.550 e. The van der Waals surface area contributed by atoms with Crippen molar-refractivity contribution in [2.45, 2.75) is 33.6 Å². The molecule has 0 spiro atoms. The van der Waals surface area contributed by atoms with E-state index in [1.165, 1.54) is 0 Å². The molecule has 1 rings (SSSR count). The molecule has 0 heterocycles. The number of hydrogen-bond donors (Lipinski definition) is 0. The fraction of sp³-hybridized carbons (Fsp3) is 0.800. The van der Waals surface area contributed by atoms with Crippen LogP contribution in [0.2, 0.25) is 0 Å². The van der Waals surface area contributed by atoms with Crippen LogP contribution >= 0.6 is 0 Å². The van der Waals surface area contributed by atoms with Gasteiger partial charge in [-0.05, 0) is 17.8 Å². The van der Waals surface area contributed by atoms with Crippen LogP contribution in [0.1, 0.15) is 33.6 Å². The molecule has 0 saturated heterocycles. The topological polar surface area (TPSA) is 57.2 Å². The summed E-state index contributed by atoms with van der Waals surface area (Å²) in [6.45, 7) is 5.78. The Kier molecular flexibility index (Phi) is 2.46. The molecule has 0 aromatic carbocycles. The molecule has 3 heteroatoms. The number of carbonyl (C=O) groups is 2. The lowest BCUT2D eigenvalue weighted by Crippen LogP contribution is -2.31. The van der Waals surface area contributed by atoms with Gasteiger partial charge in [0.25, 0.3) is 0 Å². The van der Waals surface area contributed by atoms with Gasteiger partial charge in [0.2, 0.25) is 0 Å². The number of hydrogen-bond acceptors (Lipinski definition) is 3. The highest BCUT2D eigenvalue weighted by Crippen LogP contribution is 2.46. The molecule has 0 radical (unpaired) electrons. The third kappa shape index (κ3) is 1.74. The molecule has 3 nitrogen and oxygen atoms in total. The minimum atomic E-state index is -1.06. The van der Waals surface area contributed by atoms with Crippen LogP contribution in [0.15, 0.2) is 0 Å². The first-order valence-corrected chi connectivity index (χ1v) is 4.58. The summed E-state index contributed by atoms with van der Waals surface area (Å²) in [5.41, 5.74) is -0.197. The summed E-state index contributed by atoms with van der Waals surface area (Å²) in [6.07, 6.45) is 0.394. The Bertz CT molecular complexity index is 241. The Hall–Kier alpha value is -0.860. The molecular formula is C10H15O3-. The maximum atomic E-state index is 11.4. The summed E-state index contributed by atoms with van der Waals surface area (Å²) in [5.74, 6) is -0.965. The van der Waals surface area contributed by atoms with Crippen molar-refractivity contribution in [2.24, 2.45) is 17.3 Å². The maximum Gasteiger partial charge on any atom is 0.136 e. The monoisotopic (exact) mass is 183 g/mol. The van der Waals surface area contributed by atoms with E-state index in [0.717, 1.165) is 0 Å². The van der Waals surface area contributed by atoms with Gasteiger partial charge in [-0.15, -0.1) is 0 Å². The Labute approximate surface area is 78.1 Å². The highest BCUT2D eigenvalue weighted by atomic mass is 16.4. The van der Waals surface area contributed by atoms with Crippen LogP contribution in [0.5, 0.6) is 0 Å². The van der Waals surface area contributed by atoms with E-state index in [1.54, 1.807) is 0 Å². The third-order valence-corrected chi connectivity index (χ3v) is 3.51. The summed E-state index contributed by atoms with van der Waals surface area (Å²) in [7, 11) is 0. The normalized spacial score (nSPS) is 32.1. The van der Waals surface area contributed by atoms with Crippen LogP contribution in [-0.4, -0.2) is 11.8 Å². The number of aliphatic carboxylic acids is 1. The van der Waals surface area contributed by atoms with Crippen molar-refractivity contribution in [3.8, 4) is 0 Å². The highest BCUT2D eigenvalue weighted by molar-refractivity contribution is 5.85. The number of carbonyl (C=O) groups excluding carboxylic acids is 2. The molecule has 1 fully saturated rings. The first-order valence-electron chi connectivity index (χ1n) is 4.58. The number of carboxylic acid groups (broad SMARTS) is 1. The first-order chi connectivity index (χ1) is 5.85. The standard InChI is InChI=1S/C10H16O3/c1-6-8(11)4-7(5-9(12)13)10(6,2)3/h6-7H,4-5H2,1-3H3,(H,12,13)/p-1/t6-,7-/m0/s1. The van der Waals surface area contributed by atoms with Crippen LogP contribution in [0.3, 0.4) is 0 Å². The van der Waals surface area contributed by atoms with E-state index in [4.69, 9.17) is 0 Å². The SMILES string of the molecule is C[C@H]1C(=O)C[C@@H](CC(=O)[O-])C1(C)C. The lowest BCUT2D eigenvalue weighted by atomic mass is 9.75. The predicted octanol–water partition coefficient (Wildman–Crippen LogP) is 0.378. The first kappa shape index (κ1) is 10.2. The minimum absolute atomic E-state index is 0.00306. The molecular weight excluding hydrogens is 168 g/mol. The molecule has 1 aliphatic carbocycles. The van der Waals surface area contributed by atoms with Crippen molar-refractivity contribution in [3.05, 3.63) is 0 Å². The van der Waals surface area contributed by atoms with Crippen LogP contribution in [0, 0.1) is 17.3 Å². The Morgan fingerprint density at radius 1 is 1.62 bits per heavy atom. The highest BCUT2D eigenvalue weighted by Gasteiger charge is 2.45. The van der Waals surface area contributed by atoms with Crippen molar-refractivity contribution >= 4 is 11.8 Å². The molecule has 0 aliphatic heterocycles. The number of ketones is 1. The fourth-order valence-corrected chi connectivity index (χ4v) is 1.99. The van der Waals surface area contributed by atoms with Crippen molar-refractivity contribution < 1.29 is 14.7 Å². The average Bonchev–Trinajstić information content (AvgIpc) is 2.15. The second-order valence-electron chi connectivity index (χ2n) is 4.49. The number of Topliss-reactive ketones (excluding diaryl/α,β-unsaturated/α-hetero) is 1. The van der Waals surface area contributed by atoms with Gasteiger partial charge < -0.3 is 9.90 Å². The van der Waals surface area contributed by atoms with Gasteiger partial charge in [-0.25, -0.2) is 0 Å². The van der Waals surface area contributed by atoms with Crippen LogP contribution in [0.4, 0.5) is 0 Å². The second kappa shape index (κ2) is 3.13. The van der Waals surface area contributed by atoms with E-state index >= 15 is 0 Å². The molecule has 74 valence electrons. The summed E-state index contributed by atoms with van der Waals surface area (Å²) >= 11 is 0. The largest absolute Gasteiger partial charge is 0.550 e. The van der Waals surface area contributed by atoms with E-state index in [1.807, 2.05) is 20.8 Å². The zero-order valence-corrected chi connectivity index (χ0v) is 8.29. The van der Waals surface area contributed by atoms with E-state index < -0.39 is 5.97 Å².